The van der Waals surface area contributed by atoms with Crippen LogP contribution in [-0.4, -0.2) is 198 Å². The fraction of sp³-hybridized carbons (Fsp3) is 0.587. The fourth-order valence-corrected chi connectivity index (χ4v) is 11.5. The third-order valence-corrected chi connectivity index (χ3v) is 16.7. The Kier molecular flexibility index (Phi) is 33.9. The van der Waals surface area contributed by atoms with Gasteiger partial charge in [-0.1, -0.05) is 74.5 Å². The van der Waals surface area contributed by atoms with E-state index in [4.69, 9.17) is 40.1 Å². The summed E-state index contributed by atoms with van der Waals surface area (Å²) in [6.07, 6.45) is 3.12. The Labute approximate surface area is 558 Å². The van der Waals surface area contributed by atoms with Crippen LogP contribution in [0.2, 0.25) is 0 Å². The summed E-state index contributed by atoms with van der Waals surface area (Å²) < 4.78 is 0. The maximum atomic E-state index is 14.7. The number of hydrogen-bond donors (Lipinski definition) is 15. The summed E-state index contributed by atoms with van der Waals surface area (Å²) >= 11 is 1.45. The van der Waals surface area contributed by atoms with E-state index in [0.717, 1.165) is 0 Å². The quantitative estimate of drug-likeness (QED) is 0.0173. The van der Waals surface area contributed by atoms with Crippen LogP contribution in [0.5, 0.6) is 0 Å². The number of guanidine groups is 1. The van der Waals surface area contributed by atoms with Crippen molar-refractivity contribution >= 4 is 94.5 Å². The van der Waals surface area contributed by atoms with E-state index in [-0.39, 0.29) is 83.0 Å². The molecule has 10 atom stereocenters. The van der Waals surface area contributed by atoms with Gasteiger partial charge in [0.15, 0.2) is 5.96 Å². The van der Waals surface area contributed by atoms with Crippen molar-refractivity contribution in [3.8, 4) is 0 Å². The number of thioether (sulfide) groups is 1. The lowest BCUT2D eigenvalue weighted by molar-refractivity contribution is -0.144. The molecule has 0 bridgehead atoms. The van der Waals surface area contributed by atoms with Gasteiger partial charge >= 0.3 is 0 Å². The van der Waals surface area contributed by atoms with Gasteiger partial charge in [-0.15, -0.1) is 0 Å². The smallest absolute Gasteiger partial charge is 0.245 e. The van der Waals surface area contributed by atoms with Crippen LogP contribution < -0.4 is 82.7 Å². The Hall–Kier alpha value is -8.91. The molecule has 0 saturated carbocycles. The van der Waals surface area contributed by atoms with Crippen molar-refractivity contribution < 1.29 is 62.3 Å². The average molecular weight is 1350 g/mol. The zero-order valence-electron chi connectivity index (χ0n) is 54.5. The Morgan fingerprint density at radius 2 is 1.01 bits per heavy atom. The highest BCUT2D eigenvalue weighted by molar-refractivity contribution is 7.98. The second-order valence-electron chi connectivity index (χ2n) is 24.1. The van der Waals surface area contributed by atoms with Crippen LogP contribution in [0.1, 0.15) is 121 Å². The number of carbonyl (C=O) groups is 13. The Morgan fingerprint density at radius 3 is 1.51 bits per heavy atom. The second-order valence-corrected chi connectivity index (χ2v) is 25.1. The number of nitrogens with two attached hydrogens (primary N) is 7. The highest BCUT2D eigenvalue weighted by Crippen LogP contribution is 2.24. The molecule has 2 aromatic rings. The number of unbranched alkanes of at least 4 members (excludes halogenated alkanes) is 1. The molecule has 2 aliphatic heterocycles. The number of likely N-dealkylation sites (tertiary alicyclic amines) is 2. The molecule has 2 aromatic carbocycles. The number of nitrogens with one attached hydrogen (secondary N) is 8. The first kappa shape index (κ1) is 78.5. The van der Waals surface area contributed by atoms with Crippen LogP contribution in [0.3, 0.4) is 0 Å². The monoisotopic (exact) mass is 1350 g/mol. The minimum absolute atomic E-state index is 0.0736. The first-order chi connectivity index (χ1) is 45.2. The molecule has 2 aliphatic rings. The van der Waals surface area contributed by atoms with Gasteiger partial charge in [-0.3, -0.25) is 67.3 Å². The lowest BCUT2D eigenvalue weighted by Crippen LogP contribution is -2.60. The van der Waals surface area contributed by atoms with E-state index in [1.54, 1.807) is 60.7 Å². The first-order valence-corrected chi connectivity index (χ1v) is 33.6. The van der Waals surface area contributed by atoms with Crippen LogP contribution in [0, 0.1) is 5.92 Å². The van der Waals surface area contributed by atoms with Gasteiger partial charge in [-0.05, 0) is 119 Å². The molecular weight excluding hydrogens is 1250 g/mol. The molecule has 2 fully saturated rings. The minimum atomic E-state index is -1.64. The van der Waals surface area contributed by atoms with Gasteiger partial charge < -0.3 is 92.5 Å². The summed E-state index contributed by atoms with van der Waals surface area (Å²) in [4.78, 5) is 185. The predicted molar refractivity (Wildman–Crippen MR) is 356 cm³/mol. The Morgan fingerprint density at radius 1 is 0.537 bits per heavy atom. The first-order valence-electron chi connectivity index (χ1n) is 32.2. The summed E-state index contributed by atoms with van der Waals surface area (Å²) in [7, 11) is 0. The van der Waals surface area contributed by atoms with E-state index < -0.39 is 169 Å². The van der Waals surface area contributed by atoms with E-state index in [0.29, 0.717) is 55.4 Å². The molecule has 2 heterocycles. The van der Waals surface area contributed by atoms with Crippen LogP contribution in [0.25, 0.3) is 0 Å². The predicted octanol–water partition coefficient (Wildman–Crippen LogP) is -3.71. The molecular formula is C63H98N18O13S. The third-order valence-electron chi connectivity index (χ3n) is 16.0. The van der Waals surface area contributed by atoms with Gasteiger partial charge in [-0.2, -0.15) is 11.8 Å². The molecule has 13 amide bonds. The van der Waals surface area contributed by atoms with Crippen LogP contribution in [-0.2, 0) is 75.2 Å². The molecule has 2 saturated heterocycles. The number of primary amides is 3. The Bertz CT molecular complexity index is 2960. The molecule has 0 aliphatic carbocycles. The number of nitrogens with zero attached hydrogens (tertiary/aromatic N) is 3. The lowest BCUT2D eigenvalue weighted by Gasteiger charge is -2.32. The van der Waals surface area contributed by atoms with E-state index in [1.807, 2.05) is 20.1 Å². The van der Waals surface area contributed by atoms with Crippen molar-refractivity contribution in [2.45, 2.75) is 183 Å². The molecule has 95 heavy (non-hydrogen) atoms. The van der Waals surface area contributed by atoms with Crippen molar-refractivity contribution in [1.82, 2.24) is 52.3 Å². The molecule has 4 rings (SSSR count). The summed E-state index contributed by atoms with van der Waals surface area (Å²) in [5, 5.41) is 21.1. The molecule has 0 unspecified atom stereocenters. The molecule has 22 N–H and O–H groups in total. The van der Waals surface area contributed by atoms with Gasteiger partial charge in [0.05, 0.1) is 12.6 Å². The zero-order valence-corrected chi connectivity index (χ0v) is 55.3. The van der Waals surface area contributed by atoms with Gasteiger partial charge in [0, 0.05) is 45.3 Å². The molecule has 32 heteroatoms. The van der Waals surface area contributed by atoms with Crippen LogP contribution >= 0.6 is 11.8 Å². The van der Waals surface area contributed by atoms with Gasteiger partial charge in [0.25, 0.3) is 0 Å². The number of amides is 13. The number of rotatable bonds is 42. The molecule has 524 valence electrons. The topological polar surface area (TPSA) is 519 Å². The van der Waals surface area contributed by atoms with E-state index in [2.05, 4.69) is 47.5 Å². The van der Waals surface area contributed by atoms with Gasteiger partial charge in [0.2, 0.25) is 76.8 Å². The van der Waals surface area contributed by atoms with Crippen molar-refractivity contribution in [3.63, 3.8) is 0 Å². The summed E-state index contributed by atoms with van der Waals surface area (Å²) in [6.45, 7) is 3.86. The highest BCUT2D eigenvalue weighted by atomic mass is 32.2. The normalized spacial score (nSPS) is 16.8. The highest BCUT2D eigenvalue weighted by Gasteiger charge is 2.42. The average Bonchev–Trinajstić information content (AvgIpc) is 1.74. The summed E-state index contributed by atoms with van der Waals surface area (Å²) in [6, 6.07) is 4.51. The number of aliphatic imine (C=N–C) groups is 1. The molecule has 0 aromatic heterocycles. The second kappa shape index (κ2) is 41.0. The number of carbonyl (C=O) groups excluding carboxylic acids is 13. The van der Waals surface area contributed by atoms with Crippen molar-refractivity contribution in [2.75, 3.05) is 44.7 Å². The Balaban J connectivity index is 1.56. The maximum Gasteiger partial charge on any atom is 0.245 e. The molecule has 0 spiro atoms. The van der Waals surface area contributed by atoms with Crippen molar-refractivity contribution in [2.24, 2.45) is 51.0 Å². The molecule has 31 nitrogen and oxygen atoms in total. The number of hydrogen-bond acceptors (Lipinski definition) is 17. The summed E-state index contributed by atoms with van der Waals surface area (Å²) in [5.74, 6) is -9.80. The van der Waals surface area contributed by atoms with E-state index in [1.165, 1.54) is 21.6 Å². The lowest BCUT2D eigenvalue weighted by atomic mass is 10.0. The minimum Gasteiger partial charge on any atom is -0.370 e. The van der Waals surface area contributed by atoms with Crippen molar-refractivity contribution in [3.05, 3.63) is 71.8 Å². The van der Waals surface area contributed by atoms with Crippen molar-refractivity contribution in [1.29, 1.82) is 0 Å². The van der Waals surface area contributed by atoms with E-state index in [9.17, 15) is 62.3 Å². The third kappa shape index (κ3) is 27.5. The van der Waals surface area contributed by atoms with Crippen LogP contribution in [0.15, 0.2) is 65.7 Å². The van der Waals surface area contributed by atoms with Gasteiger partial charge in [0.1, 0.15) is 54.4 Å². The number of benzene rings is 2. The maximum absolute atomic E-state index is 14.7. The fourth-order valence-electron chi connectivity index (χ4n) is 11.0. The van der Waals surface area contributed by atoms with Crippen LogP contribution in [0.4, 0.5) is 0 Å². The zero-order chi connectivity index (χ0) is 70.1. The SMILES string of the molecule is CSCC[C@H](NC(=O)[C@H](CC(C)C)NC(=O)CNC(=O)[C@H](Cc1ccccc1)NC(=O)[C@H](Cc1ccccc1)NC(=O)[C@H](CCC(N)=O)NC(=O)[C@H](CCC(N)=O)NC(=O)[C@H]1CCCN1C(=O)[C@H](CCCCN)NC(=O)[C@H]1CCCN1C(=O)[C@H](N)CCCN=C(N)N)C(N)=O. The molecule has 0 radical (unpaired) electrons. The van der Waals surface area contributed by atoms with Gasteiger partial charge in [-0.25, -0.2) is 0 Å². The summed E-state index contributed by atoms with van der Waals surface area (Å²) in [5.41, 5.74) is 40.6. The van der Waals surface area contributed by atoms with E-state index >= 15 is 0 Å². The largest absolute Gasteiger partial charge is 0.370 e. The standard InChI is InChI=1S/C63H98N18O13S/c1-37(2)33-45(57(89)74-41(53(68)85)27-32-95-3)73-52(84)36-72-54(86)46(34-38-15-6-4-7-16-38)78-58(90)47(35-39-17-8-5-9-18-39)79-56(88)42(23-25-50(66)82)75-55(87)43(24-26-51(67)83)76-59(91)49-22-14-31-81(49)62(94)44(20-10-11-28-64)77-60(92)48-21-13-30-80(48)61(93)40(65)19-12-29-71-63(69)70/h4-9,15-18,37,40-49H,10-14,19-36,64-65H2,1-3H3,(H2,66,82)(H2,67,83)(H2,68,85)(H,72,86)(H,73,84)(H,74,89)(H,75,87)(H,76,91)(H,77,92)(H,78,90)(H,79,88)(H4,69,70,71)/t40-,41+,42+,43+,44+,45+,46+,47+,48-,49-/m1/s1.